The number of aliphatic hydroxyl groups is 3. The monoisotopic (exact) mass is 570 g/mol. The van der Waals surface area contributed by atoms with E-state index in [4.69, 9.17) is 19.3 Å². The second-order valence-corrected chi connectivity index (χ2v) is 13.6. The van der Waals surface area contributed by atoms with E-state index in [9.17, 15) is 29.5 Å². The lowest BCUT2D eigenvalue weighted by Crippen LogP contribution is -2.85. The zero-order chi connectivity index (χ0) is 28.2. The van der Waals surface area contributed by atoms with Crippen molar-refractivity contribution in [2.24, 2.45) is 5.92 Å². The van der Waals surface area contributed by atoms with Crippen LogP contribution in [-0.2, 0) is 23.4 Å². The Bertz CT molecular complexity index is 957. The number of esters is 1. The number of urea groups is 1. The minimum absolute atomic E-state index is 0.0486. The summed E-state index contributed by atoms with van der Waals surface area (Å²) in [6.45, 7) is 6.59. The van der Waals surface area contributed by atoms with Crippen LogP contribution in [-0.4, -0.2) is 95.0 Å². The minimum Gasteiger partial charge on any atom is -0.430 e. The average Bonchev–Trinajstić information content (AvgIpc) is 3.29. The van der Waals surface area contributed by atoms with Crippen LogP contribution in [0, 0.1) is 5.92 Å². The first-order chi connectivity index (χ1) is 16.7. The third-order valence-electron chi connectivity index (χ3n) is 8.50. The first-order valence-electron chi connectivity index (χ1n) is 12.2. The van der Waals surface area contributed by atoms with Gasteiger partial charge in [0, 0.05) is 17.9 Å². The van der Waals surface area contributed by atoms with E-state index in [0.29, 0.717) is 12.8 Å². The van der Waals surface area contributed by atoms with Gasteiger partial charge in [-0.05, 0) is 40.5 Å². The second kappa shape index (κ2) is 9.90. The predicted octanol–water partition coefficient (Wildman–Crippen LogP) is 0.369. The number of hydrogen-bond donors (Lipinski definition) is 7. The fourth-order valence-corrected chi connectivity index (χ4v) is 7.19. The van der Waals surface area contributed by atoms with Gasteiger partial charge in [-0.25, -0.2) is 9.36 Å². The molecule has 15 heteroatoms. The van der Waals surface area contributed by atoms with Crippen molar-refractivity contribution >= 4 is 31.6 Å². The lowest BCUT2D eigenvalue weighted by molar-refractivity contribution is -0.448. The molecule has 0 radical (unpaired) electrons. The Hall–Kier alpha value is -0.960. The first-order valence-corrected chi connectivity index (χ1v) is 14.7. The van der Waals surface area contributed by atoms with E-state index in [2.05, 4.69) is 15.2 Å². The van der Waals surface area contributed by atoms with E-state index < -0.39 is 54.5 Å². The molecule has 0 aromatic rings. The zero-order valence-corrected chi connectivity index (χ0v) is 23.6. The van der Waals surface area contributed by atoms with Gasteiger partial charge in [-0.2, -0.15) is 11.8 Å². The molecule has 9 atom stereocenters. The fraction of sp³-hybridized carbons (Fsp3) is 0.909. The average molecular weight is 571 g/mol. The first kappa shape index (κ1) is 30.6. The largest absolute Gasteiger partial charge is 0.469 e. The Morgan fingerprint density at radius 3 is 2.35 bits per heavy atom. The lowest BCUT2D eigenvalue weighted by atomic mass is 9.61. The fourth-order valence-electron chi connectivity index (χ4n) is 5.24. The van der Waals surface area contributed by atoms with Crippen LogP contribution in [0.5, 0.6) is 0 Å². The third kappa shape index (κ3) is 5.42. The van der Waals surface area contributed by atoms with Gasteiger partial charge >= 0.3 is 19.8 Å². The molecule has 2 amide bonds. The normalized spacial score (nSPS) is 44.6. The number of amides is 2. The molecule has 7 N–H and O–H groups in total. The number of fused-ring (bicyclic) bond motifs is 1. The van der Waals surface area contributed by atoms with Crippen molar-refractivity contribution in [3.63, 3.8) is 0 Å². The highest BCUT2D eigenvalue weighted by Crippen LogP contribution is 2.55. The van der Waals surface area contributed by atoms with Gasteiger partial charge in [0.25, 0.3) is 0 Å². The second-order valence-electron chi connectivity index (χ2n) is 11.1. The molecule has 0 bridgehead atoms. The van der Waals surface area contributed by atoms with Gasteiger partial charge in [-0.3, -0.25) is 9.32 Å². The number of phosphoric ester groups is 1. The van der Waals surface area contributed by atoms with Gasteiger partial charge < -0.3 is 45.2 Å². The molecule has 0 aromatic carbocycles. The molecule has 3 heterocycles. The Morgan fingerprint density at radius 2 is 1.76 bits per heavy atom. The number of thioether (sulfide) groups is 1. The number of ether oxygens (including phenoxy) is 2. The summed E-state index contributed by atoms with van der Waals surface area (Å²) in [4.78, 5) is 43.0. The number of hydrogen-bond acceptors (Lipinski definition) is 10. The predicted molar refractivity (Wildman–Crippen MR) is 132 cm³/mol. The van der Waals surface area contributed by atoms with Gasteiger partial charge in [0.05, 0.1) is 24.6 Å². The van der Waals surface area contributed by atoms with Crippen LogP contribution in [0.3, 0.4) is 0 Å². The third-order valence-corrected chi connectivity index (χ3v) is 10.5. The van der Waals surface area contributed by atoms with Gasteiger partial charge in [0.2, 0.25) is 5.79 Å². The molecule has 3 aliphatic rings. The molecule has 0 saturated carbocycles. The number of carbonyl (C=O) groups is 2. The van der Waals surface area contributed by atoms with Crippen LogP contribution in [0.15, 0.2) is 0 Å². The van der Waals surface area contributed by atoms with Crippen molar-refractivity contribution in [1.29, 1.82) is 0 Å². The van der Waals surface area contributed by atoms with Gasteiger partial charge in [0.1, 0.15) is 16.8 Å². The Balaban J connectivity index is 1.69. The van der Waals surface area contributed by atoms with Crippen molar-refractivity contribution in [2.75, 3.05) is 12.4 Å². The SMILES string of the molecule is CC(CCCC1SC[C@@H]2NC(=O)N[C@H]12)C(=O)O[C@@]1(C)OC(C)(COP(=O)(O)O)[C@@](C)(O)C(C)(O)C1(C)O. The quantitative estimate of drug-likeness (QED) is 0.114. The smallest absolute Gasteiger partial charge is 0.430 e. The Kier molecular flexibility index (Phi) is 8.18. The van der Waals surface area contributed by atoms with Crippen LogP contribution in [0.1, 0.15) is 60.8 Å². The summed E-state index contributed by atoms with van der Waals surface area (Å²) in [7, 11) is -4.99. The summed E-state index contributed by atoms with van der Waals surface area (Å²) in [6.07, 6.45) is 1.88. The maximum Gasteiger partial charge on any atom is 0.469 e. The van der Waals surface area contributed by atoms with Crippen molar-refractivity contribution < 1.29 is 53.3 Å². The summed E-state index contributed by atoms with van der Waals surface area (Å²) >= 11 is 1.76. The van der Waals surface area contributed by atoms with Crippen LogP contribution in [0.25, 0.3) is 0 Å². The van der Waals surface area contributed by atoms with Crippen LogP contribution in [0.4, 0.5) is 4.79 Å². The van der Waals surface area contributed by atoms with Gasteiger partial charge in [0.15, 0.2) is 5.60 Å². The Labute approximate surface area is 220 Å². The lowest BCUT2D eigenvalue weighted by Gasteiger charge is -2.64. The molecule has 13 nitrogen and oxygen atoms in total. The number of phosphoric acid groups is 1. The van der Waals surface area contributed by atoms with Crippen LogP contribution in [0.2, 0.25) is 0 Å². The van der Waals surface area contributed by atoms with E-state index in [1.807, 2.05) is 0 Å². The molecule has 37 heavy (non-hydrogen) atoms. The van der Waals surface area contributed by atoms with E-state index in [1.54, 1.807) is 18.7 Å². The number of nitrogens with one attached hydrogen (secondary N) is 2. The maximum atomic E-state index is 13.1. The summed E-state index contributed by atoms with van der Waals surface area (Å²) in [5.74, 6) is -2.76. The molecule has 5 unspecified atom stereocenters. The molecule has 3 rings (SSSR count). The number of carbonyl (C=O) groups excluding carboxylic acids is 2. The van der Waals surface area contributed by atoms with E-state index in [-0.39, 0.29) is 23.4 Å². The van der Waals surface area contributed by atoms with Crippen molar-refractivity contribution in [3.05, 3.63) is 0 Å². The summed E-state index contributed by atoms with van der Waals surface area (Å²) in [5, 5.41) is 39.8. The molecule has 3 saturated heterocycles. The van der Waals surface area contributed by atoms with Crippen molar-refractivity contribution in [3.8, 4) is 0 Å². The van der Waals surface area contributed by atoms with Crippen molar-refractivity contribution in [2.45, 2.75) is 106 Å². The van der Waals surface area contributed by atoms with Gasteiger partial charge in [-0.15, -0.1) is 0 Å². The summed E-state index contributed by atoms with van der Waals surface area (Å²) in [5.41, 5.74) is -9.07. The molecule has 3 aliphatic heterocycles. The number of rotatable bonds is 9. The van der Waals surface area contributed by atoms with E-state index in [0.717, 1.165) is 32.9 Å². The summed E-state index contributed by atoms with van der Waals surface area (Å²) in [6, 6.07) is -0.0186. The zero-order valence-electron chi connectivity index (χ0n) is 21.9. The molecule has 3 fully saturated rings. The van der Waals surface area contributed by atoms with Gasteiger partial charge in [-0.1, -0.05) is 13.3 Å². The molecule has 0 aromatic heterocycles. The molecular formula is C22H39N2O11PS. The highest BCUT2D eigenvalue weighted by atomic mass is 32.2. The maximum absolute atomic E-state index is 13.1. The van der Waals surface area contributed by atoms with Crippen molar-refractivity contribution in [1.82, 2.24) is 10.6 Å². The highest BCUT2D eigenvalue weighted by molar-refractivity contribution is 8.00. The molecule has 0 spiro atoms. The standard InChI is InChI=1S/C22H39N2O11PS/c1-12(8-7-9-14-15-13(10-37-14)23-17(26)24-15)16(25)34-22(6)21(5,29)20(4,28)19(3,27)18(2,35-22)11-33-36(30,31)32/h12-15,27-29H,7-11H2,1-6H3,(H2,23,24,26)(H2,30,31,32)/t12?,13-,14?,15-,18?,19+,20?,21?,22-/m0/s1. The molecule has 214 valence electrons. The minimum atomic E-state index is -4.99. The van der Waals surface area contributed by atoms with E-state index >= 15 is 0 Å². The van der Waals surface area contributed by atoms with Crippen LogP contribution < -0.4 is 10.6 Å². The molecular weight excluding hydrogens is 531 g/mol. The molecule has 0 aliphatic carbocycles. The topological polar surface area (TPSA) is 204 Å². The van der Waals surface area contributed by atoms with Crippen LogP contribution >= 0.6 is 19.6 Å². The highest BCUT2D eigenvalue weighted by Gasteiger charge is 2.76. The van der Waals surface area contributed by atoms with E-state index in [1.165, 1.54) is 13.8 Å². The Morgan fingerprint density at radius 1 is 1.14 bits per heavy atom. The summed E-state index contributed by atoms with van der Waals surface area (Å²) < 4.78 is 27.4.